The third kappa shape index (κ3) is 8.31. The molecule has 1 N–H and O–H groups in total. The third-order valence-electron chi connectivity index (χ3n) is 3.18. The molecule has 0 aliphatic rings. The maximum Gasteiger partial charge on any atom is 0.411 e. The predicted molar refractivity (Wildman–Crippen MR) is 68.2 cm³/mol. The van der Waals surface area contributed by atoms with Gasteiger partial charge in [-0.25, -0.2) is 0 Å². The highest BCUT2D eigenvalue weighted by atomic mass is 35.5. The molecule has 0 bridgehead atoms. The second-order valence-electron chi connectivity index (χ2n) is 4.54. The van der Waals surface area contributed by atoms with E-state index in [2.05, 4.69) is 10.1 Å². The maximum atomic E-state index is 11.8. The van der Waals surface area contributed by atoms with Crippen LogP contribution in [0.5, 0.6) is 0 Å². The van der Waals surface area contributed by atoms with Crippen LogP contribution in [0.4, 0.5) is 13.2 Å². The van der Waals surface area contributed by atoms with E-state index in [1.807, 2.05) is 13.8 Å². The number of alkyl halides is 4. The van der Waals surface area contributed by atoms with Crippen LogP contribution in [0.1, 0.15) is 33.1 Å². The summed E-state index contributed by atoms with van der Waals surface area (Å²) in [6.45, 7) is 2.85. The molecule has 0 atom stereocenters. The molecule has 0 aromatic carbocycles. The van der Waals surface area contributed by atoms with Gasteiger partial charge in [-0.3, -0.25) is 4.79 Å². The van der Waals surface area contributed by atoms with Gasteiger partial charge in [0, 0.05) is 24.3 Å². The summed E-state index contributed by atoms with van der Waals surface area (Å²) in [6, 6.07) is 0. The average Bonchev–Trinajstić information content (AvgIpc) is 2.36. The Balaban J connectivity index is 3.87. The monoisotopic (exact) mass is 303 g/mol. The number of amides is 1. The van der Waals surface area contributed by atoms with Crippen LogP contribution in [-0.2, 0) is 9.53 Å². The van der Waals surface area contributed by atoms with Crippen LogP contribution < -0.4 is 5.32 Å². The van der Waals surface area contributed by atoms with Gasteiger partial charge < -0.3 is 10.1 Å². The standard InChI is InChI=1S/C12H21ClF3NO2/c1-3-11(4-2,7-13)8-17-10(18)5-6-19-9-12(14,15)16/h3-9H2,1-2H3,(H,17,18). The van der Waals surface area contributed by atoms with Gasteiger partial charge in [0.1, 0.15) is 6.61 Å². The van der Waals surface area contributed by atoms with E-state index < -0.39 is 12.8 Å². The number of carbonyl (C=O) groups is 1. The van der Waals surface area contributed by atoms with E-state index in [0.29, 0.717) is 12.4 Å². The van der Waals surface area contributed by atoms with Gasteiger partial charge in [0.15, 0.2) is 0 Å². The highest BCUT2D eigenvalue weighted by Gasteiger charge is 2.28. The molecule has 114 valence electrons. The van der Waals surface area contributed by atoms with E-state index >= 15 is 0 Å². The molecule has 1 amide bonds. The van der Waals surface area contributed by atoms with Gasteiger partial charge in [0.2, 0.25) is 5.91 Å². The first-order valence-corrected chi connectivity index (χ1v) is 6.79. The summed E-state index contributed by atoms with van der Waals surface area (Å²) in [5.74, 6) is 0.115. The quantitative estimate of drug-likeness (QED) is 0.525. The fraction of sp³-hybridized carbons (Fsp3) is 0.917. The first-order chi connectivity index (χ1) is 8.78. The summed E-state index contributed by atoms with van der Waals surface area (Å²) >= 11 is 5.88. The molecule has 0 saturated carbocycles. The van der Waals surface area contributed by atoms with Gasteiger partial charge in [-0.05, 0) is 12.8 Å². The van der Waals surface area contributed by atoms with Gasteiger partial charge in [-0.15, -0.1) is 11.6 Å². The highest BCUT2D eigenvalue weighted by Crippen LogP contribution is 2.26. The molecule has 0 aromatic heterocycles. The van der Waals surface area contributed by atoms with E-state index in [9.17, 15) is 18.0 Å². The molecular weight excluding hydrogens is 283 g/mol. The molecule has 0 radical (unpaired) electrons. The smallest absolute Gasteiger partial charge is 0.372 e. The summed E-state index contributed by atoms with van der Waals surface area (Å²) in [5.41, 5.74) is -0.149. The minimum Gasteiger partial charge on any atom is -0.372 e. The van der Waals surface area contributed by atoms with Crippen molar-refractivity contribution in [3.05, 3.63) is 0 Å². The molecule has 0 heterocycles. The predicted octanol–water partition coefficient (Wildman–Crippen LogP) is 3.12. The van der Waals surface area contributed by atoms with E-state index in [1.54, 1.807) is 0 Å². The molecule has 0 aliphatic carbocycles. The lowest BCUT2D eigenvalue weighted by Crippen LogP contribution is -2.38. The lowest BCUT2D eigenvalue weighted by atomic mass is 9.84. The van der Waals surface area contributed by atoms with Crippen LogP contribution >= 0.6 is 11.6 Å². The third-order valence-corrected chi connectivity index (χ3v) is 3.75. The number of carbonyl (C=O) groups excluding carboxylic acids is 1. The minimum absolute atomic E-state index is 0.0815. The summed E-state index contributed by atoms with van der Waals surface area (Å²) < 4.78 is 39.7. The van der Waals surface area contributed by atoms with E-state index in [4.69, 9.17) is 11.6 Å². The number of halogens is 4. The van der Waals surface area contributed by atoms with Crippen LogP contribution in [0.25, 0.3) is 0 Å². The maximum absolute atomic E-state index is 11.8. The Kier molecular flexibility index (Phi) is 8.41. The number of nitrogens with one attached hydrogen (secondary N) is 1. The van der Waals surface area contributed by atoms with Crippen molar-refractivity contribution in [2.75, 3.05) is 25.6 Å². The zero-order chi connectivity index (χ0) is 14.9. The zero-order valence-corrected chi connectivity index (χ0v) is 12.0. The summed E-state index contributed by atoms with van der Waals surface area (Å²) in [4.78, 5) is 11.4. The minimum atomic E-state index is -4.35. The second kappa shape index (κ2) is 8.64. The van der Waals surface area contributed by atoms with Gasteiger partial charge in [0.25, 0.3) is 0 Å². The molecule has 0 spiro atoms. The lowest BCUT2D eigenvalue weighted by Gasteiger charge is -2.29. The first kappa shape index (κ1) is 18.5. The van der Waals surface area contributed by atoms with Gasteiger partial charge >= 0.3 is 6.18 Å². The molecule has 0 fully saturated rings. The van der Waals surface area contributed by atoms with E-state index in [1.165, 1.54) is 0 Å². The largest absolute Gasteiger partial charge is 0.411 e. The van der Waals surface area contributed by atoms with Crippen molar-refractivity contribution in [1.82, 2.24) is 5.32 Å². The summed E-state index contributed by atoms with van der Waals surface area (Å²) in [6.07, 6.45) is -2.77. The van der Waals surface area contributed by atoms with Crippen LogP contribution in [0.2, 0.25) is 0 Å². The highest BCUT2D eigenvalue weighted by molar-refractivity contribution is 6.18. The molecule has 7 heteroatoms. The molecule has 19 heavy (non-hydrogen) atoms. The average molecular weight is 304 g/mol. The van der Waals surface area contributed by atoms with Crippen molar-refractivity contribution >= 4 is 17.5 Å². The number of rotatable bonds is 9. The zero-order valence-electron chi connectivity index (χ0n) is 11.3. The van der Waals surface area contributed by atoms with Crippen molar-refractivity contribution in [3.8, 4) is 0 Å². The SMILES string of the molecule is CCC(CC)(CCl)CNC(=O)CCOCC(F)(F)F. The normalized spacial score (nSPS) is 12.5. The van der Waals surface area contributed by atoms with E-state index in [0.717, 1.165) is 12.8 Å². The van der Waals surface area contributed by atoms with Gasteiger partial charge in [-0.1, -0.05) is 13.8 Å². The van der Waals surface area contributed by atoms with E-state index in [-0.39, 0.29) is 24.3 Å². The summed E-state index contributed by atoms with van der Waals surface area (Å²) in [5, 5.41) is 2.69. The van der Waals surface area contributed by atoms with Gasteiger partial charge in [0.05, 0.1) is 6.61 Å². The molecular formula is C12H21ClF3NO2. The van der Waals surface area contributed by atoms with Crippen molar-refractivity contribution in [2.45, 2.75) is 39.3 Å². The molecule has 0 aliphatic heterocycles. The first-order valence-electron chi connectivity index (χ1n) is 6.25. The molecule has 0 saturated heterocycles. The van der Waals surface area contributed by atoms with Crippen LogP contribution in [0.3, 0.4) is 0 Å². The van der Waals surface area contributed by atoms with Crippen molar-refractivity contribution in [1.29, 1.82) is 0 Å². The van der Waals surface area contributed by atoms with Crippen LogP contribution in [0.15, 0.2) is 0 Å². The Morgan fingerprint density at radius 3 is 2.26 bits per heavy atom. The molecule has 0 rings (SSSR count). The summed E-state index contributed by atoms with van der Waals surface area (Å²) in [7, 11) is 0. The fourth-order valence-corrected chi connectivity index (χ4v) is 1.94. The Bertz CT molecular complexity index is 260. The van der Waals surface area contributed by atoms with Crippen LogP contribution in [0, 0.1) is 5.41 Å². The molecule has 0 aromatic rings. The Morgan fingerprint density at radius 1 is 1.26 bits per heavy atom. The molecule has 0 unspecified atom stereocenters. The van der Waals surface area contributed by atoms with Crippen molar-refractivity contribution < 1.29 is 22.7 Å². The second-order valence-corrected chi connectivity index (χ2v) is 4.80. The number of hydrogen-bond donors (Lipinski definition) is 1. The van der Waals surface area contributed by atoms with Crippen molar-refractivity contribution in [2.24, 2.45) is 5.41 Å². The lowest BCUT2D eigenvalue weighted by molar-refractivity contribution is -0.174. The topological polar surface area (TPSA) is 38.3 Å². The molecule has 3 nitrogen and oxygen atoms in total. The fourth-order valence-electron chi connectivity index (χ4n) is 1.46. The van der Waals surface area contributed by atoms with Gasteiger partial charge in [-0.2, -0.15) is 13.2 Å². The number of ether oxygens (including phenoxy) is 1. The number of hydrogen-bond acceptors (Lipinski definition) is 2. The Hall–Kier alpha value is -0.490. The Morgan fingerprint density at radius 2 is 1.84 bits per heavy atom. The van der Waals surface area contributed by atoms with Crippen LogP contribution in [-0.4, -0.2) is 37.7 Å². The Labute approximate surface area is 116 Å². The van der Waals surface area contributed by atoms with Crippen molar-refractivity contribution in [3.63, 3.8) is 0 Å².